The topological polar surface area (TPSA) is 78.2 Å². The first-order chi connectivity index (χ1) is 9.79. The van der Waals surface area contributed by atoms with Gasteiger partial charge in [0.15, 0.2) is 10.9 Å². The monoisotopic (exact) mass is 435 g/mol. The molecule has 1 aromatic heterocycles. The zero-order valence-electron chi connectivity index (χ0n) is 10.9. The van der Waals surface area contributed by atoms with E-state index in [-0.39, 0.29) is 16.7 Å². The van der Waals surface area contributed by atoms with E-state index in [0.29, 0.717) is 26.1 Å². The van der Waals surface area contributed by atoms with Crippen molar-refractivity contribution in [2.75, 3.05) is 0 Å². The Balaban J connectivity index is 2.45. The molecule has 0 fully saturated rings. The van der Waals surface area contributed by atoms with Crippen molar-refractivity contribution in [3.8, 4) is 11.6 Å². The quantitative estimate of drug-likeness (QED) is 0.500. The SMILES string of the molecule is Cc1nc(Cl)c(Oc2c(Br)cc([N+](=O)[O-])cc2Br)nc1C. The Morgan fingerprint density at radius 2 is 1.71 bits per heavy atom. The number of nitrogens with zero attached hydrogens (tertiary/aromatic N) is 3. The fraction of sp³-hybridized carbons (Fsp3) is 0.167. The van der Waals surface area contributed by atoms with E-state index in [1.54, 1.807) is 13.8 Å². The van der Waals surface area contributed by atoms with Crippen LogP contribution in [0.1, 0.15) is 11.4 Å². The normalized spacial score (nSPS) is 10.5. The Labute approximate surface area is 141 Å². The molecule has 0 spiro atoms. The van der Waals surface area contributed by atoms with E-state index < -0.39 is 4.92 Å². The Morgan fingerprint density at radius 1 is 1.19 bits per heavy atom. The summed E-state index contributed by atoms with van der Waals surface area (Å²) in [5, 5.41) is 10.9. The van der Waals surface area contributed by atoms with Crippen molar-refractivity contribution >= 4 is 49.1 Å². The minimum atomic E-state index is -0.498. The summed E-state index contributed by atoms with van der Waals surface area (Å²) in [6.45, 7) is 3.57. The molecule has 1 aromatic carbocycles. The van der Waals surface area contributed by atoms with E-state index in [1.165, 1.54) is 12.1 Å². The van der Waals surface area contributed by atoms with Crippen LogP contribution in [0, 0.1) is 24.0 Å². The van der Waals surface area contributed by atoms with Crippen molar-refractivity contribution in [1.82, 2.24) is 9.97 Å². The molecule has 0 saturated heterocycles. The third-order valence-electron chi connectivity index (χ3n) is 2.63. The highest BCUT2D eigenvalue weighted by molar-refractivity contribution is 9.11. The fourth-order valence-corrected chi connectivity index (χ4v) is 3.00. The van der Waals surface area contributed by atoms with E-state index in [1.807, 2.05) is 0 Å². The Morgan fingerprint density at radius 3 is 2.24 bits per heavy atom. The lowest BCUT2D eigenvalue weighted by Gasteiger charge is -2.11. The molecule has 6 nitrogen and oxygen atoms in total. The van der Waals surface area contributed by atoms with Crippen LogP contribution >= 0.6 is 43.5 Å². The number of hydrogen-bond donors (Lipinski definition) is 0. The van der Waals surface area contributed by atoms with Gasteiger partial charge in [-0.15, -0.1) is 0 Å². The molecule has 0 aliphatic heterocycles. The van der Waals surface area contributed by atoms with Crippen molar-refractivity contribution in [3.05, 3.63) is 47.7 Å². The van der Waals surface area contributed by atoms with E-state index in [9.17, 15) is 10.1 Å². The number of ether oxygens (including phenoxy) is 1. The van der Waals surface area contributed by atoms with Crippen LogP contribution in [0.3, 0.4) is 0 Å². The predicted molar refractivity (Wildman–Crippen MR) is 85.1 cm³/mol. The van der Waals surface area contributed by atoms with Crippen molar-refractivity contribution in [1.29, 1.82) is 0 Å². The minimum absolute atomic E-state index is 0.0710. The van der Waals surface area contributed by atoms with Gasteiger partial charge in [0, 0.05) is 12.1 Å². The number of aryl methyl sites for hydroxylation is 2. The first-order valence-electron chi connectivity index (χ1n) is 5.61. The van der Waals surface area contributed by atoms with Gasteiger partial charge in [-0.05, 0) is 45.7 Å². The molecule has 0 amide bonds. The summed E-state index contributed by atoms with van der Waals surface area (Å²) in [7, 11) is 0. The van der Waals surface area contributed by atoms with Crippen LogP contribution in [0.4, 0.5) is 5.69 Å². The van der Waals surface area contributed by atoms with E-state index in [0.717, 1.165) is 0 Å². The summed E-state index contributed by atoms with van der Waals surface area (Å²) in [4.78, 5) is 18.6. The first kappa shape index (κ1) is 16.1. The van der Waals surface area contributed by atoms with Crippen LogP contribution in [0.25, 0.3) is 0 Å². The largest absolute Gasteiger partial charge is 0.434 e. The first-order valence-corrected chi connectivity index (χ1v) is 7.58. The lowest BCUT2D eigenvalue weighted by molar-refractivity contribution is -0.385. The van der Waals surface area contributed by atoms with Gasteiger partial charge in [-0.3, -0.25) is 10.1 Å². The molecule has 9 heteroatoms. The maximum absolute atomic E-state index is 10.8. The Hall–Kier alpha value is -1.25. The van der Waals surface area contributed by atoms with Crippen molar-refractivity contribution < 1.29 is 9.66 Å². The summed E-state index contributed by atoms with van der Waals surface area (Å²) in [5.74, 6) is 0.468. The van der Waals surface area contributed by atoms with Crippen molar-refractivity contribution in [2.24, 2.45) is 0 Å². The molecule has 21 heavy (non-hydrogen) atoms. The lowest BCUT2D eigenvalue weighted by atomic mass is 10.3. The zero-order valence-corrected chi connectivity index (χ0v) is 14.8. The van der Waals surface area contributed by atoms with Crippen LogP contribution < -0.4 is 4.74 Å². The number of benzene rings is 1. The van der Waals surface area contributed by atoms with Crippen LogP contribution in [-0.2, 0) is 0 Å². The van der Waals surface area contributed by atoms with Gasteiger partial charge in [0.1, 0.15) is 0 Å². The number of halogens is 3. The molecule has 0 aliphatic carbocycles. The molecule has 2 aromatic rings. The molecule has 1 heterocycles. The number of aromatic nitrogens is 2. The number of nitro benzene ring substituents is 1. The van der Waals surface area contributed by atoms with Crippen LogP contribution in [-0.4, -0.2) is 14.9 Å². The minimum Gasteiger partial charge on any atom is -0.434 e. The number of hydrogen-bond acceptors (Lipinski definition) is 5. The summed E-state index contributed by atoms with van der Waals surface area (Å²) in [6.07, 6.45) is 0. The predicted octanol–water partition coefficient (Wildman–Crippen LogP) is 4.97. The number of nitro groups is 1. The van der Waals surface area contributed by atoms with Crippen molar-refractivity contribution in [2.45, 2.75) is 13.8 Å². The molecule has 110 valence electrons. The molecule has 0 radical (unpaired) electrons. The molecule has 2 rings (SSSR count). The maximum atomic E-state index is 10.8. The summed E-state index contributed by atoms with van der Waals surface area (Å²) in [5.41, 5.74) is 1.32. The Kier molecular flexibility index (Phi) is 4.80. The number of rotatable bonds is 3. The molecule has 0 unspecified atom stereocenters. The van der Waals surface area contributed by atoms with Crippen LogP contribution in [0.2, 0.25) is 5.15 Å². The van der Waals surface area contributed by atoms with Gasteiger partial charge in [-0.1, -0.05) is 11.6 Å². The second-order valence-electron chi connectivity index (χ2n) is 4.09. The molecular formula is C12H8Br2ClN3O3. The van der Waals surface area contributed by atoms with E-state index >= 15 is 0 Å². The highest BCUT2D eigenvalue weighted by Gasteiger charge is 2.18. The highest BCUT2D eigenvalue weighted by atomic mass is 79.9. The second-order valence-corrected chi connectivity index (χ2v) is 6.15. The van der Waals surface area contributed by atoms with Gasteiger partial charge in [-0.25, -0.2) is 9.97 Å². The van der Waals surface area contributed by atoms with E-state index in [2.05, 4.69) is 41.8 Å². The molecular weight excluding hydrogens is 429 g/mol. The van der Waals surface area contributed by atoms with Gasteiger partial charge in [0.25, 0.3) is 11.6 Å². The third-order valence-corrected chi connectivity index (χ3v) is 4.05. The van der Waals surface area contributed by atoms with Gasteiger partial charge in [-0.2, -0.15) is 0 Å². The smallest absolute Gasteiger partial charge is 0.271 e. The average Bonchev–Trinajstić information content (AvgIpc) is 2.39. The van der Waals surface area contributed by atoms with Gasteiger partial charge in [0.05, 0.1) is 25.3 Å². The third kappa shape index (κ3) is 3.50. The van der Waals surface area contributed by atoms with Crippen LogP contribution in [0.5, 0.6) is 11.6 Å². The number of non-ortho nitro benzene ring substituents is 1. The zero-order chi connectivity index (χ0) is 15.7. The summed E-state index contributed by atoms with van der Waals surface area (Å²) in [6, 6.07) is 2.67. The lowest BCUT2D eigenvalue weighted by Crippen LogP contribution is -1.98. The summed E-state index contributed by atoms with van der Waals surface area (Å²) < 4.78 is 6.42. The molecule has 0 N–H and O–H groups in total. The van der Waals surface area contributed by atoms with Crippen LogP contribution in [0.15, 0.2) is 21.1 Å². The fourth-order valence-electron chi connectivity index (χ4n) is 1.47. The molecule has 0 aliphatic rings. The second kappa shape index (κ2) is 6.25. The standard InChI is InChI=1S/C12H8Br2ClN3O3/c1-5-6(2)17-12(11(15)16-5)21-10-8(13)3-7(18(19)20)4-9(10)14/h3-4H,1-2H3. The van der Waals surface area contributed by atoms with E-state index in [4.69, 9.17) is 16.3 Å². The molecule has 0 saturated carbocycles. The molecule has 0 bridgehead atoms. The van der Waals surface area contributed by atoms with Gasteiger partial charge < -0.3 is 4.74 Å². The van der Waals surface area contributed by atoms with Gasteiger partial charge >= 0.3 is 0 Å². The molecule has 0 atom stereocenters. The van der Waals surface area contributed by atoms with Gasteiger partial charge in [0.2, 0.25) is 0 Å². The Bertz CT molecular complexity index is 717. The summed E-state index contributed by atoms with van der Waals surface area (Å²) >= 11 is 12.5. The maximum Gasteiger partial charge on any atom is 0.271 e. The average molecular weight is 437 g/mol. The van der Waals surface area contributed by atoms with Crippen molar-refractivity contribution in [3.63, 3.8) is 0 Å². The highest BCUT2D eigenvalue weighted by Crippen LogP contribution is 2.40.